The number of piperazine rings is 1. The molecule has 0 radical (unpaired) electrons. The van der Waals surface area contributed by atoms with E-state index in [0.29, 0.717) is 29.5 Å². The molecule has 1 aromatic carbocycles. The van der Waals surface area contributed by atoms with Gasteiger partial charge in [-0.1, -0.05) is 32.0 Å². The molecular weight excluding hydrogens is 406 g/mol. The zero-order valence-corrected chi connectivity index (χ0v) is 18.8. The molecule has 1 aliphatic heterocycles. The largest absolute Gasteiger partial charge is 0.496 e. The molecular formula is C23H31N7O2. The Morgan fingerprint density at radius 1 is 1.28 bits per heavy atom. The molecule has 9 heteroatoms. The molecule has 2 atom stereocenters. The highest BCUT2D eigenvalue weighted by atomic mass is 16.5. The SMILES string of the molecule is COc1ccccc1C(C#N)NC(=O)[C@H](CC(C)C)Nc1ccnc(N2CCNCC2)n1. The van der Waals surface area contributed by atoms with Crippen LogP contribution < -0.4 is 25.6 Å². The van der Waals surface area contributed by atoms with Gasteiger partial charge in [-0.3, -0.25) is 4.79 Å². The number of para-hydroxylation sites is 1. The number of rotatable bonds is 9. The lowest BCUT2D eigenvalue weighted by molar-refractivity contribution is -0.122. The highest BCUT2D eigenvalue weighted by Gasteiger charge is 2.25. The average molecular weight is 438 g/mol. The number of nitriles is 1. The van der Waals surface area contributed by atoms with Crippen LogP contribution in [0.2, 0.25) is 0 Å². The molecule has 1 unspecified atom stereocenters. The van der Waals surface area contributed by atoms with E-state index in [1.54, 1.807) is 31.5 Å². The van der Waals surface area contributed by atoms with Gasteiger partial charge in [0.05, 0.1) is 13.2 Å². The summed E-state index contributed by atoms with van der Waals surface area (Å²) >= 11 is 0. The fourth-order valence-corrected chi connectivity index (χ4v) is 3.65. The van der Waals surface area contributed by atoms with Gasteiger partial charge in [-0.05, 0) is 24.5 Å². The van der Waals surface area contributed by atoms with Crippen molar-refractivity contribution >= 4 is 17.7 Å². The first-order valence-electron chi connectivity index (χ1n) is 10.9. The number of nitrogens with zero attached hydrogens (tertiary/aromatic N) is 4. The molecule has 3 rings (SSSR count). The summed E-state index contributed by atoms with van der Waals surface area (Å²) in [4.78, 5) is 24.3. The van der Waals surface area contributed by atoms with Gasteiger partial charge in [0.15, 0.2) is 0 Å². The summed E-state index contributed by atoms with van der Waals surface area (Å²) in [5, 5.41) is 19.1. The predicted molar refractivity (Wildman–Crippen MR) is 123 cm³/mol. The van der Waals surface area contributed by atoms with Gasteiger partial charge in [0.1, 0.15) is 23.7 Å². The summed E-state index contributed by atoms with van der Waals surface area (Å²) < 4.78 is 5.36. The van der Waals surface area contributed by atoms with Crippen LogP contribution in [0.3, 0.4) is 0 Å². The molecule has 1 aliphatic rings. The Balaban J connectivity index is 1.76. The number of aromatic nitrogens is 2. The van der Waals surface area contributed by atoms with Crippen LogP contribution in [0.1, 0.15) is 31.9 Å². The second-order valence-electron chi connectivity index (χ2n) is 8.12. The van der Waals surface area contributed by atoms with Crippen LogP contribution >= 0.6 is 0 Å². The van der Waals surface area contributed by atoms with Crippen LogP contribution in [0, 0.1) is 17.2 Å². The summed E-state index contributed by atoms with van der Waals surface area (Å²) in [6.45, 7) is 7.55. The van der Waals surface area contributed by atoms with Gasteiger partial charge in [0.25, 0.3) is 0 Å². The molecule has 2 aromatic rings. The Morgan fingerprint density at radius 3 is 2.72 bits per heavy atom. The lowest BCUT2D eigenvalue weighted by Gasteiger charge is -2.28. The zero-order chi connectivity index (χ0) is 22.9. The maximum Gasteiger partial charge on any atom is 0.243 e. The van der Waals surface area contributed by atoms with E-state index in [1.165, 1.54) is 0 Å². The highest BCUT2D eigenvalue weighted by Crippen LogP contribution is 2.25. The van der Waals surface area contributed by atoms with Crippen molar-refractivity contribution in [2.75, 3.05) is 43.5 Å². The van der Waals surface area contributed by atoms with E-state index in [9.17, 15) is 10.1 Å². The summed E-state index contributed by atoms with van der Waals surface area (Å²) in [5.74, 6) is 1.78. The van der Waals surface area contributed by atoms with Crippen molar-refractivity contribution in [2.24, 2.45) is 5.92 Å². The Bertz CT molecular complexity index is 938. The molecule has 170 valence electrons. The molecule has 1 aromatic heterocycles. The van der Waals surface area contributed by atoms with E-state index in [2.05, 4.69) is 50.7 Å². The molecule has 1 amide bonds. The molecule has 9 nitrogen and oxygen atoms in total. The Kier molecular flexibility index (Phi) is 8.22. The standard InChI is InChI=1S/C23H31N7O2/c1-16(2)14-18(22(31)28-19(15-24)17-6-4-5-7-20(17)32-3)27-21-8-9-26-23(29-21)30-12-10-25-11-13-30/h4-9,16,18-19,25H,10-14H2,1-3H3,(H,28,31)(H,26,27,29)/t18-,19?/m0/s1. The lowest BCUT2D eigenvalue weighted by Crippen LogP contribution is -2.44. The minimum Gasteiger partial charge on any atom is -0.496 e. The van der Waals surface area contributed by atoms with Gasteiger partial charge in [-0.15, -0.1) is 0 Å². The molecule has 1 fully saturated rings. The number of nitrogens with one attached hydrogen (secondary N) is 3. The number of carbonyl (C=O) groups excluding carboxylic acids is 1. The molecule has 1 saturated heterocycles. The van der Waals surface area contributed by atoms with Crippen LogP contribution in [0.25, 0.3) is 0 Å². The number of benzene rings is 1. The van der Waals surface area contributed by atoms with Gasteiger partial charge in [0, 0.05) is 37.9 Å². The van der Waals surface area contributed by atoms with E-state index in [4.69, 9.17) is 4.74 Å². The lowest BCUT2D eigenvalue weighted by atomic mass is 10.0. The average Bonchev–Trinajstić information content (AvgIpc) is 2.82. The topological polar surface area (TPSA) is 115 Å². The van der Waals surface area contributed by atoms with E-state index in [1.807, 2.05) is 12.1 Å². The first-order chi connectivity index (χ1) is 15.5. The van der Waals surface area contributed by atoms with Gasteiger partial charge < -0.3 is 25.6 Å². The Labute approximate surface area is 189 Å². The first-order valence-corrected chi connectivity index (χ1v) is 10.9. The molecule has 0 saturated carbocycles. The summed E-state index contributed by atoms with van der Waals surface area (Å²) in [6, 6.07) is 9.75. The number of amides is 1. The van der Waals surface area contributed by atoms with Gasteiger partial charge in [-0.2, -0.15) is 10.2 Å². The van der Waals surface area contributed by atoms with Crippen LogP contribution in [0.15, 0.2) is 36.5 Å². The second kappa shape index (κ2) is 11.3. The third-order valence-corrected chi connectivity index (χ3v) is 5.25. The highest BCUT2D eigenvalue weighted by molar-refractivity contribution is 5.85. The third-order valence-electron chi connectivity index (χ3n) is 5.25. The monoisotopic (exact) mass is 437 g/mol. The van der Waals surface area contributed by atoms with Crippen LogP contribution in [0.5, 0.6) is 5.75 Å². The van der Waals surface area contributed by atoms with E-state index >= 15 is 0 Å². The van der Waals surface area contributed by atoms with Crippen molar-refractivity contribution in [3.63, 3.8) is 0 Å². The molecule has 2 heterocycles. The summed E-state index contributed by atoms with van der Waals surface area (Å²) in [7, 11) is 1.54. The minimum absolute atomic E-state index is 0.263. The van der Waals surface area contributed by atoms with Gasteiger partial charge in [0.2, 0.25) is 11.9 Å². The van der Waals surface area contributed by atoms with Crippen molar-refractivity contribution in [3.8, 4) is 11.8 Å². The summed E-state index contributed by atoms with van der Waals surface area (Å²) in [6.07, 6.45) is 2.28. The smallest absolute Gasteiger partial charge is 0.243 e. The second-order valence-corrected chi connectivity index (χ2v) is 8.12. The van der Waals surface area contributed by atoms with Crippen molar-refractivity contribution in [2.45, 2.75) is 32.4 Å². The third kappa shape index (κ3) is 6.08. The Hall–Kier alpha value is -3.38. The number of hydrogen-bond acceptors (Lipinski definition) is 8. The number of hydrogen-bond donors (Lipinski definition) is 3. The van der Waals surface area contributed by atoms with E-state index in [-0.39, 0.29) is 11.8 Å². The molecule has 3 N–H and O–H groups in total. The van der Waals surface area contributed by atoms with Crippen LogP contribution in [-0.4, -0.2) is 55.2 Å². The zero-order valence-electron chi connectivity index (χ0n) is 18.8. The first kappa shape index (κ1) is 23.3. The number of carbonyl (C=O) groups is 1. The number of anilines is 2. The minimum atomic E-state index is -0.822. The molecule has 32 heavy (non-hydrogen) atoms. The number of methoxy groups -OCH3 is 1. The molecule has 0 bridgehead atoms. The van der Waals surface area contributed by atoms with Crippen molar-refractivity contribution < 1.29 is 9.53 Å². The van der Waals surface area contributed by atoms with Gasteiger partial charge >= 0.3 is 0 Å². The molecule has 0 spiro atoms. The summed E-state index contributed by atoms with van der Waals surface area (Å²) in [5.41, 5.74) is 0.622. The maximum atomic E-state index is 13.2. The normalized spacial score (nSPS) is 15.5. The fourth-order valence-electron chi connectivity index (χ4n) is 3.65. The Morgan fingerprint density at radius 2 is 2.03 bits per heavy atom. The predicted octanol–water partition coefficient (Wildman–Crippen LogP) is 2.10. The number of ether oxygens (including phenoxy) is 1. The quantitative estimate of drug-likeness (QED) is 0.546. The van der Waals surface area contributed by atoms with Crippen molar-refractivity contribution in [1.29, 1.82) is 5.26 Å². The van der Waals surface area contributed by atoms with Gasteiger partial charge in [-0.25, -0.2) is 4.98 Å². The maximum absolute atomic E-state index is 13.2. The van der Waals surface area contributed by atoms with Crippen LogP contribution in [-0.2, 0) is 4.79 Å². The van der Waals surface area contributed by atoms with E-state index in [0.717, 1.165) is 26.2 Å². The van der Waals surface area contributed by atoms with Crippen molar-refractivity contribution in [3.05, 3.63) is 42.1 Å². The van der Waals surface area contributed by atoms with Crippen LogP contribution in [0.4, 0.5) is 11.8 Å². The molecule has 0 aliphatic carbocycles. The fraction of sp³-hybridized carbons (Fsp3) is 0.478. The van der Waals surface area contributed by atoms with Crippen molar-refractivity contribution in [1.82, 2.24) is 20.6 Å². The van der Waals surface area contributed by atoms with E-state index < -0.39 is 12.1 Å².